The first kappa shape index (κ1) is 17.1. The lowest BCUT2D eigenvalue weighted by molar-refractivity contribution is -0.170. The first-order valence-corrected chi connectivity index (χ1v) is 7.29. The van der Waals surface area contributed by atoms with Gasteiger partial charge in [-0.2, -0.15) is 0 Å². The van der Waals surface area contributed by atoms with Gasteiger partial charge in [0.15, 0.2) is 5.78 Å². The molecule has 0 spiro atoms. The molecule has 0 aliphatic heterocycles. The zero-order chi connectivity index (χ0) is 17.2. The van der Waals surface area contributed by atoms with Crippen molar-refractivity contribution in [2.45, 2.75) is 24.9 Å². The molecule has 2 rings (SSSR count). The van der Waals surface area contributed by atoms with Crippen molar-refractivity contribution in [1.82, 2.24) is 0 Å². The molecule has 1 aliphatic carbocycles. The fourth-order valence-electron chi connectivity index (χ4n) is 3.34. The molecule has 1 saturated carbocycles. The van der Waals surface area contributed by atoms with Crippen LogP contribution in [0.4, 0.5) is 0 Å². The lowest BCUT2D eigenvalue weighted by atomic mass is 9.62. The van der Waals surface area contributed by atoms with E-state index in [-0.39, 0.29) is 6.42 Å². The molecular weight excluding hydrogens is 300 g/mol. The van der Waals surface area contributed by atoms with Gasteiger partial charge in [-0.05, 0) is 12.5 Å². The van der Waals surface area contributed by atoms with Crippen LogP contribution in [0.15, 0.2) is 30.3 Å². The van der Waals surface area contributed by atoms with E-state index in [0.29, 0.717) is 5.56 Å². The van der Waals surface area contributed by atoms with Crippen LogP contribution in [0.2, 0.25) is 0 Å². The fourth-order valence-corrected chi connectivity index (χ4v) is 3.34. The van der Waals surface area contributed by atoms with Gasteiger partial charge in [-0.3, -0.25) is 14.4 Å². The van der Waals surface area contributed by atoms with Crippen molar-refractivity contribution >= 4 is 17.7 Å². The van der Waals surface area contributed by atoms with Crippen molar-refractivity contribution in [3.63, 3.8) is 0 Å². The second-order valence-corrected chi connectivity index (χ2v) is 5.94. The molecule has 0 radical (unpaired) electrons. The van der Waals surface area contributed by atoms with Crippen LogP contribution in [-0.2, 0) is 23.9 Å². The van der Waals surface area contributed by atoms with Crippen LogP contribution in [-0.4, -0.2) is 42.6 Å². The standard InChI is InChI=1S/C17H20O6/c1-17(21)9-11(18)13(15(19)22-2)12(14(17)16(20)23-3)10-7-5-4-6-8-10/h4-8,12-14,21H,9H2,1-3H3/t12-,13+,14+,17-/m1/s1. The summed E-state index contributed by atoms with van der Waals surface area (Å²) in [5.74, 6) is -4.86. The average molecular weight is 320 g/mol. The fraction of sp³-hybridized carbons (Fsp3) is 0.471. The normalized spacial score (nSPS) is 30.6. The maximum atomic E-state index is 12.4. The Bertz CT molecular complexity index is 607. The zero-order valence-corrected chi connectivity index (χ0v) is 13.3. The Morgan fingerprint density at radius 3 is 2.22 bits per heavy atom. The molecular formula is C17H20O6. The number of esters is 2. The minimum absolute atomic E-state index is 0.310. The number of ketones is 1. The van der Waals surface area contributed by atoms with Gasteiger partial charge in [0.2, 0.25) is 0 Å². The van der Waals surface area contributed by atoms with Gasteiger partial charge in [0.25, 0.3) is 0 Å². The highest BCUT2D eigenvalue weighted by atomic mass is 16.5. The molecule has 1 aromatic carbocycles. The molecule has 1 N–H and O–H groups in total. The Hall–Kier alpha value is -2.21. The molecule has 1 aromatic rings. The lowest BCUT2D eigenvalue weighted by Gasteiger charge is -2.43. The molecule has 4 atom stereocenters. The lowest BCUT2D eigenvalue weighted by Crippen LogP contribution is -2.55. The molecule has 1 fully saturated rings. The summed E-state index contributed by atoms with van der Waals surface area (Å²) in [4.78, 5) is 36.9. The Morgan fingerprint density at radius 2 is 1.70 bits per heavy atom. The van der Waals surface area contributed by atoms with E-state index in [1.807, 2.05) is 0 Å². The van der Waals surface area contributed by atoms with Crippen molar-refractivity contribution in [1.29, 1.82) is 0 Å². The van der Waals surface area contributed by atoms with E-state index in [4.69, 9.17) is 9.47 Å². The predicted octanol–water partition coefficient (Wildman–Crippen LogP) is 1.07. The van der Waals surface area contributed by atoms with Crippen molar-refractivity contribution < 1.29 is 29.0 Å². The number of hydrogen-bond donors (Lipinski definition) is 1. The van der Waals surface area contributed by atoms with Crippen molar-refractivity contribution in [3.05, 3.63) is 35.9 Å². The highest BCUT2D eigenvalue weighted by Gasteiger charge is 2.56. The minimum atomic E-state index is -1.60. The van der Waals surface area contributed by atoms with Gasteiger partial charge in [0, 0.05) is 12.3 Å². The number of carbonyl (C=O) groups excluding carboxylic acids is 3. The molecule has 0 heterocycles. The van der Waals surface area contributed by atoms with Crippen LogP contribution in [0.25, 0.3) is 0 Å². The molecule has 0 amide bonds. The van der Waals surface area contributed by atoms with Crippen LogP contribution in [0.1, 0.15) is 24.8 Å². The second-order valence-electron chi connectivity index (χ2n) is 5.94. The number of carbonyl (C=O) groups is 3. The summed E-state index contributed by atoms with van der Waals surface area (Å²) in [7, 11) is 2.40. The number of Topliss-reactive ketones (excluding diaryl/α,β-unsaturated/α-hetero) is 1. The number of methoxy groups -OCH3 is 2. The summed E-state index contributed by atoms with van der Waals surface area (Å²) in [5, 5.41) is 10.6. The van der Waals surface area contributed by atoms with Crippen LogP contribution in [0, 0.1) is 11.8 Å². The van der Waals surface area contributed by atoms with E-state index in [0.717, 1.165) is 0 Å². The first-order valence-electron chi connectivity index (χ1n) is 7.29. The van der Waals surface area contributed by atoms with E-state index in [1.165, 1.54) is 21.1 Å². The van der Waals surface area contributed by atoms with Crippen molar-refractivity contribution in [2.75, 3.05) is 14.2 Å². The Kier molecular flexibility index (Phi) is 4.85. The maximum Gasteiger partial charge on any atom is 0.316 e. The van der Waals surface area contributed by atoms with Gasteiger partial charge in [-0.1, -0.05) is 30.3 Å². The Balaban J connectivity index is 2.61. The third-order valence-electron chi connectivity index (χ3n) is 4.36. The van der Waals surface area contributed by atoms with Crippen molar-refractivity contribution in [2.24, 2.45) is 11.8 Å². The molecule has 0 bridgehead atoms. The predicted molar refractivity (Wildman–Crippen MR) is 80.4 cm³/mol. The molecule has 124 valence electrons. The third-order valence-corrected chi connectivity index (χ3v) is 4.36. The Labute approximate surface area is 134 Å². The van der Waals surface area contributed by atoms with Gasteiger partial charge in [-0.15, -0.1) is 0 Å². The minimum Gasteiger partial charge on any atom is -0.469 e. The summed E-state index contributed by atoms with van der Waals surface area (Å²) in [6, 6.07) is 8.70. The van der Waals surface area contributed by atoms with E-state index >= 15 is 0 Å². The first-order chi connectivity index (χ1) is 10.8. The molecule has 0 unspecified atom stereocenters. The number of aliphatic hydroxyl groups is 1. The SMILES string of the molecule is COC(=O)[C@H]1C(=O)C[C@@](C)(O)[C@H](C(=O)OC)[C@@H]1c1ccccc1. The van der Waals surface area contributed by atoms with E-state index in [2.05, 4.69) is 0 Å². The number of ether oxygens (including phenoxy) is 2. The summed E-state index contributed by atoms with van der Waals surface area (Å²) >= 11 is 0. The van der Waals surface area contributed by atoms with Crippen LogP contribution < -0.4 is 0 Å². The smallest absolute Gasteiger partial charge is 0.316 e. The second kappa shape index (κ2) is 6.50. The molecule has 0 saturated heterocycles. The van der Waals surface area contributed by atoms with Gasteiger partial charge in [0.1, 0.15) is 5.92 Å². The molecule has 23 heavy (non-hydrogen) atoms. The van der Waals surface area contributed by atoms with Crippen LogP contribution in [0.3, 0.4) is 0 Å². The Morgan fingerprint density at radius 1 is 1.13 bits per heavy atom. The van der Waals surface area contributed by atoms with Crippen LogP contribution >= 0.6 is 0 Å². The molecule has 0 aromatic heterocycles. The van der Waals surface area contributed by atoms with E-state index < -0.39 is 41.1 Å². The average Bonchev–Trinajstić information content (AvgIpc) is 2.52. The highest BCUT2D eigenvalue weighted by molar-refractivity contribution is 6.02. The number of benzene rings is 1. The van der Waals surface area contributed by atoms with Gasteiger partial charge in [0.05, 0.1) is 25.7 Å². The maximum absolute atomic E-state index is 12.4. The van der Waals surface area contributed by atoms with Gasteiger partial charge >= 0.3 is 11.9 Å². The quantitative estimate of drug-likeness (QED) is 0.662. The molecule has 1 aliphatic rings. The largest absolute Gasteiger partial charge is 0.469 e. The number of rotatable bonds is 3. The summed E-state index contributed by atoms with van der Waals surface area (Å²) in [6.07, 6.45) is -0.310. The topological polar surface area (TPSA) is 89.9 Å². The summed E-state index contributed by atoms with van der Waals surface area (Å²) in [6.45, 7) is 1.41. The van der Waals surface area contributed by atoms with Gasteiger partial charge < -0.3 is 14.6 Å². The van der Waals surface area contributed by atoms with E-state index in [9.17, 15) is 19.5 Å². The zero-order valence-electron chi connectivity index (χ0n) is 13.3. The third kappa shape index (κ3) is 3.12. The molecule has 6 nitrogen and oxygen atoms in total. The highest BCUT2D eigenvalue weighted by Crippen LogP contribution is 2.46. The monoisotopic (exact) mass is 320 g/mol. The van der Waals surface area contributed by atoms with Crippen molar-refractivity contribution in [3.8, 4) is 0 Å². The van der Waals surface area contributed by atoms with Crippen LogP contribution in [0.5, 0.6) is 0 Å². The summed E-state index contributed by atoms with van der Waals surface area (Å²) in [5.41, 5.74) is -0.999. The molecule has 6 heteroatoms. The summed E-state index contributed by atoms with van der Waals surface area (Å²) < 4.78 is 9.56. The van der Waals surface area contributed by atoms with Gasteiger partial charge in [-0.25, -0.2) is 0 Å². The van der Waals surface area contributed by atoms with E-state index in [1.54, 1.807) is 30.3 Å². The number of hydrogen-bond acceptors (Lipinski definition) is 6.